The SMILES string of the molecule is C=CCCCCCCCCCC(CCCCCCCCCC=C)C(=O)OCCCCCCCCCCOC(=O)[C@@H](C)c1ccc(CC(C)C)cc1. The predicted octanol–water partition coefficient (Wildman–Crippen LogP) is 14.2. The van der Waals surface area contributed by atoms with Gasteiger partial charge in [0.15, 0.2) is 0 Å². The third-order valence-electron chi connectivity index (χ3n) is 10.3. The molecule has 1 atom stereocenters. The van der Waals surface area contributed by atoms with Crippen molar-refractivity contribution in [3.8, 4) is 0 Å². The van der Waals surface area contributed by atoms with Crippen LogP contribution in [0.25, 0.3) is 0 Å². The topological polar surface area (TPSA) is 52.6 Å². The Hall–Kier alpha value is -2.36. The normalized spacial score (nSPS) is 11.9. The van der Waals surface area contributed by atoms with Crippen LogP contribution in [0.2, 0.25) is 0 Å². The summed E-state index contributed by atoms with van der Waals surface area (Å²) in [6, 6.07) is 8.41. The molecular weight excluding hydrogens is 629 g/mol. The molecule has 0 unspecified atom stereocenters. The average molecular weight is 709 g/mol. The van der Waals surface area contributed by atoms with Crippen molar-refractivity contribution in [2.24, 2.45) is 11.8 Å². The number of allylic oxidation sites excluding steroid dienone is 2. The fraction of sp³-hybridized carbons (Fsp3) is 0.745. The summed E-state index contributed by atoms with van der Waals surface area (Å²) >= 11 is 0. The van der Waals surface area contributed by atoms with E-state index in [1.165, 1.54) is 108 Å². The van der Waals surface area contributed by atoms with E-state index in [0.717, 1.165) is 76.2 Å². The largest absolute Gasteiger partial charge is 0.465 e. The van der Waals surface area contributed by atoms with Crippen LogP contribution in [0, 0.1) is 11.8 Å². The van der Waals surface area contributed by atoms with E-state index in [4.69, 9.17) is 9.47 Å². The quantitative estimate of drug-likeness (QED) is 0.0396. The Morgan fingerprint density at radius 3 is 1.31 bits per heavy atom. The molecule has 0 aliphatic rings. The summed E-state index contributed by atoms with van der Waals surface area (Å²) in [7, 11) is 0. The molecular formula is C47H80O4. The first-order valence-corrected chi connectivity index (χ1v) is 21.5. The van der Waals surface area contributed by atoms with Gasteiger partial charge in [0.25, 0.3) is 0 Å². The lowest BCUT2D eigenvalue weighted by Crippen LogP contribution is -2.18. The van der Waals surface area contributed by atoms with Crippen LogP contribution >= 0.6 is 0 Å². The fourth-order valence-corrected chi connectivity index (χ4v) is 6.91. The minimum atomic E-state index is -0.224. The van der Waals surface area contributed by atoms with Crippen molar-refractivity contribution >= 4 is 11.9 Å². The summed E-state index contributed by atoms with van der Waals surface area (Å²) in [6.45, 7) is 15.1. The molecule has 4 heteroatoms. The molecule has 4 nitrogen and oxygen atoms in total. The highest BCUT2D eigenvalue weighted by atomic mass is 16.5. The number of rotatable bonds is 36. The smallest absolute Gasteiger partial charge is 0.313 e. The molecule has 0 amide bonds. The highest BCUT2D eigenvalue weighted by Crippen LogP contribution is 2.22. The molecule has 292 valence electrons. The molecule has 0 spiro atoms. The zero-order valence-corrected chi connectivity index (χ0v) is 33.7. The van der Waals surface area contributed by atoms with Crippen LogP contribution < -0.4 is 0 Å². The van der Waals surface area contributed by atoms with Crippen molar-refractivity contribution < 1.29 is 19.1 Å². The Kier molecular flexibility index (Phi) is 30.6. The van der Waals surface area contributed by atoms with Crippen molar-refractivity contribution in [1.29, 1.82) is 0 Å². The lowest BCUT2D eigenvalue weighted by atomic mass is 9.94. The van der Waals surface area contributed by atoms with E-state index in [-0.39, 0.29) is 23.8 Å². The third kappa shape index (κ3) is 27.0. The first-order valence-electron chi connectivity index (χ1n) is 21.5. The van der Waals surface area contributed by atoms with Crippen molar-refractivity contribution in [1.82, 2.24) is 0 Å². The first kappa shape index (κ1) is 46.7. The molecule has 0 aliphatic carbocycles. The van der Waals surface area contributed by atoms with E-state index >= 15 is 0 Å². The maximum absolute atomic E-state index is 13.1. The molecule has 0 heterocycles. The Bertz CT molecular complexity index is 954. The molecule has 1 aromatic carbocycles. The van der Waals surface area contributed by atoms with Gasteiger partial charge in [-0.15, -0.1) is 13.2 Å². The highest BCUT2D eigenvalue weighted by Gasteiger charge is 2.19. The van der Waals surface area contributed by atoms with Gasteiger partial charge < -0.3 is 9.47 Å². The van der Waals surface area contributed by atoms with E-state index in [1.54, 1.807) is 0 Å². The average Bonchev–Trinajstić information content (AvgIpc) is 3.12. The van der Waals surface area contributed by atoms with Gasteiger partial charge in [-0.2, -0.15) is 0 Å². The Morgan fingerprint density at radius 2 is 0.902 bits per heavy atom. The molecule has 0 N–H and O–H groups in total. The molecule has 0 aliphatic heterocycles. The highest BCUT2D eigenvalue weighted by molar-refractivity contribution is 5.77. The molecule has 1 rings (SSSR count). The van der Waals surface area contributed by atoms with Crippen molar-refractivity contribution in [2.75, 3.05) is 13.2 Å². The molecule has 0 saturated carbocycles. The molecule has 0 saturated heterocycles. The number of carbonyl (C=O) groups is 2. The van der Waals surface area contributed by atoms with E-state index in [0.29, 0.717) is 19.1 Å². The number of carbonyl (C=O) groups excluding carboxylic acids is 2. The van der Waals surface area contributed by atoms with Gasteiger partial charge in [0.05, 0.1) is 25.0 Å². The van der Waals surface area contributed by atoms with Gasteiger partial charge in [0, 0.05) is 0 Å². The summed E-state index contributed by atoms with van der Waals surface area (Å²) in [5.74, 6) is 0.411. The van der Waals surface area contributed by atoms with Gasteiger partial charge in [-0.1, -0.05) is 166 Å². The number of esters is 2. The number of unbranched alkanes of at least 4 members (excludes halogenated alkanes) is 21. The van der Waals surface area contributed by atoms with Crippen molar-refractivity contribution in [2.45, 2.75) is 200 Å². The summed E-state index contributed by atoms with van der Waals surface area (Å²) in [6.07, 6.45) is 35.9. The Morgan fingerprint density at radius 1 is 0.529 bits per heavy atom. The lowest BCUT2D eigenvalue weighted by molar-refractivity contribution is -0.149. The second-order valence-electron chi connectivity index (χ2n) is 15.6. The minimum absolute atomic E-state index is 0.0542. The van der Waals surface area contributed by atoms with Gasteiger partial charge >= 0.3 is 11.9 Å². The maximum atomic E-state index is 13.1. The standard InChI is InChI=1S/C47H80O4/c1-6-8-10-12-14-16-20-24-28-32-45(33-29-25-21-17-15-13-11-9-7-2)47(49)51-39-31-27-23-19-18-22-26-30-38-50-46(48)42(5)44-36-34-43(35-37-44)40-41(3)4/h6-7,34-37,41-42,45H,1-2,8-33,38-40H2,3-5H3/t42-/m0/s1. The van der Waals surface area contributed by atoms with E-state index in [1.807, 2.05) is 19.1 Å². The minimum Gasteiger partial charge on any atom is -0.465 e. The van der Waals surface area contributed by atoms with Crippen LogP contribution in [0.1, 0.15) is 205 Å². The van der Waals surface area contributed by atoms with Gasteiger partial charge in [-0.25, -0.2) is 0 Å². The molecule has 0 fully saturated rings. The van der Waals surface area contributed by atoms with Crippen LogP contribution in [-0.4, -0.2) is 25.2 Å². The fourth-order valence-electron chi connectivity index (χ4n) is 6.91. The Balaban J connectivity index is 2.16. The third-order valence-corrected chi connectivity index (χ3v) is 10.3. The van der Waals surface area contributed by atoms with Crippen molar-refractivity contribution in [3.05, 3.63) is 60.7 Å². The Labute approximate surface area is 316 Å². The summed E-state index contributed by atoms with van der Waals surface area (Å²) in [5.41, 5.74) is 2.35. The van der Waals surface area contributed by atoms with E-state index < -0.39 is 0 Å². The monoisotopic (exact) mass is 709 g/mol. The summed E-state index contributed by atoms with van der Waals surface area (Å²) in [5, 5.41) is 0. The first-order chi connectivity index (χ1) is 24.9. The van der Waals surface area contributed by atoms with Crippen LogP contribution in [0.3, 0.4) is 0 Å². The van der Waals surface area contributed by atoms with E-state index in [9.17, 15) is 9.59 Å². The molecule has 0 radical (unpaired) electrons. The number of benzene rings is 1. The number of hydrogen-bond acceptors (Lipinski definition) is 4. The summed E-state index contributed by atoms with van der Waals surface area (Å²) in [4.78, 5) is 25.6. The molecule has 51 heavy (non-hydrogen) atoms. The van der Waals surface area contributed by atoms with Crippen molar-refractivity contribution in [3.63, 3.8) is 0 Å². The summed E-state index contributed by atoms with van der Waals surface area (Å²) < 4.78 is 11.4. The number of hydrogen-bond donors (Lipinski definition) is 0. The molecule has 1 aromatic rings. The van der Waals surface area contributed by atoms with Gasteiger partial charge in [0.1, 0.15) is 0 Å². The zero-order valence-electron chi connectivity index (χ0n) is 33.7. The van der Waals surface area contributed by atoms with Gasteiger partial charge in [-0.05, 0) is 81.8 Å². The van der Waals surface area contributed by atoms with Crippen LogP contribution in [0.4, 0.5) is 0 Å². The molecule has 0 aromatic heterocycles. The molecule has 0 bridgehead atoms. The number of ether oxygens (including phenoxy) is 2. The van der Waals surface area contributed by atoms with Crippen LogP contribution in [0.5, 0.6) is 0 Å². The maximum Gasteiger partial charge on any atom is 0.313 e. The van der Waals surface area contributed by atoms with Crippen LogP contribution in [-0.2, 0) is 25.5 Å². The predicted molar refractivity (Wildman–Crippen MR) is 219 cm³/mol. The van der Waals surface area contributed by atoms with Gasteiger partial charge in [-0.3, -0.25) is 9.59 Å². The van der Waals surface area contributed by atoms with Crippen LogP contribution in [0.15, 0.2) is 49.6 Å². The second-order valence-corrected chi connectivity index (χ2v) is 15.6. The second kappa shape index (κ2) is 33.5. The lowest BCUT2D eigenvalue weighted by Gasteiger charge is -2.16. The van der Waals surface area contributed by atoms with Gasteiger partial charge in [0.2, 0.25) is 0 Å². The van der Waals surface area contributed by atoms with E-state index in [2.05, 4.69) is 51.3 Å². The zero-order chi connectivity index (χ0) is 37.2.